The van der Waals surface area contributed by atoms with Crippen LogP contribution in [0.5, 0.6) is 0 Å². The lowest BCUT2D eigenvalue weighted by atomic mass is 9.89. The quantitative estimate of drug-likeness (QED) is 0.453. The van der Waals surface area contributed by atoms with Crippen LogP contribution in [0.3, 0.4) is 0 Å². The van der Waals surface area contributed by atoms with Gasteiger partial charge >= 0.3 is 0 Å². The third kappa shape index (κ3) is 4.88. The molecule has 10 nitrogen and oxygen atoms in total. The maximum Gasteiger partial charge on any atom is 0.252 e. The van der Waals surface area contributed by atoms with Crippen molar-refractivity contribution in [2.45, 2.75) is 65.1 Å². The summed E-state index contributed by atoms with van der Waals surface area (Å²) in [6.45, 7) is 9.12. The van der Waals surface area contributed by atoms with E-state index in [4.69, 9.17) is 5.73 Å². The molecule has 0 aromatic carbocycles. The van der Waals surface area contributed by atoms with Crippen LogP contribution < -0.4 is 11.1 Å². The monoisotopic (exact) mass is 481 g/mol. The molecule has 1 aliphatic rings. The standard InChI is InChI=1S/C25H35N7O3/c1-5-16-12-30(25(35)22(33)6-2)8-7-20(16)29-23-19(24(26)34)11-28-32-13-17(9-21(23)32)18-10-27-31(14-18)15(3)4/h9-11,13-16,20,22,29,33H,5-8,12H2,1-4H3,(H2,26,34)/t16-,20-,22+/m1/s1. The number of nitrogens with two attached hydrogens (primary N) is 1. The van der Waals surface area contributed by atoms with Gasteiger partial charge in [0.1, 0.15) is 6.10 Å². The van der Waals surface area contributed by atoms with Crippen molar-refractivity contribution in [3.63, 3.8) is 0 Å². The van der Waals surface area contributed by atoms with Gasteiger partial charge in [0.25, 0.3) is 11.8 Å². The summed E-state index contributed by atoms with van der Waals surface area (Å²) in [6.07, 6.45) is 8.20. The molecule has 3 aromatic rings. The van der Waals surface area contributed by atoms with E-state index >= 15 is 0 Å². The van der Waals surface area contributed by atoms with Crippen LogP contribution in [0.4, 0.5) is 5.69 Å². The maximum atomic E-state index is 12.5. The maximum absolute atomic E-state index is 12.5. The number of anilines is 1. The van der Waals surface area contributed by atoms with Crippen molar-refractivity contribution in [1.82, 2.24) is 24.3 Å². The van der Waals surface area contributed by atoms with Gasteiger partial charge in [-0.15, -0.1) is 0 Å². The largest absolute Gasteiger partial charge is 0.383 e. The highest BCUT2D eigenvalue weighted by molar-refractivity contribution is 6.02. The molecule has 3 atom stereocenters. The summed E-state index contributed by atoms with van der Waals surface area (Å²) in [7, 11) is 0. The van der Waals surface area contributed by atoms with Crippen molar-refractivity contribution in [3.8, 4) is 11.1 Å². The Labute approximate surface area is 205 Å². The first kappa shape index (κ1) is 24.7. The molecule has 0 aliphatic carbocycles. The first-order chi connectivity index (χ1) is 16.7. The second kappa shape index (κ2) is 10.1. The van der Waals surface area contributed by atoms with Crippen molar-refractivity contribution in [2.75, 3.05) is 18.4 Å². The highest BCUT2D eigenvalue weighted by Crippen LogP contribution is 2.32. The Balaban J connectivity index is 1.65. The Morgan fingerprint density at radius 1 is 1.20 bits per heavy atom. The van der Waals surface area contributed by atoms with Crippen LogP contribution in [-0.2, 0) is 4.79 Å². The van der Waals surface area contributed by atoms with Gasteiger partial charge in [-0.05, 0) is 45.1 Å². The molecule has 0 bridgehead atoms. The molecule has 4 N–H and O–H groups in total. The molecule has 35 heavy (non-hydrogen) atoms. The molecule has 4 rings (SSSR count). The zero-order valence-corrected chi connectivity index (χ0v) is 20.8. The van der Waals surface area contributed by atoms with Gasteiger partial charge in [-0.2, -0.15) is 10.2 Å². The van der Waals surface area contributed by atoms with Crippen molar-refractivity contribution in [2.24, 2.45) is 11.7 Å². The highest BCUT2D eigenvalue weighted by Gasteiger charge is 2.33. The molecule has 188 valence electrons. The van der Waals surface area contributed by atoms with Crippen molar-refractivity contribution in [1.29, 1.82) is 0 Å². The Bertz CT molecular complexity index is 1220. The minimum absolute atomic E-state index is 0.0363. The summed E-state index contributed by atoms with van der Waals surface area (Å²) in [5.74, 6) is -0.610. The molecule has 2 amide bonds. The number of aliphatic hydroxyl groups excluding tert-OH is 1. The van der Waals surface area contributed by atoms with E-state index in [0.29, 0.717) is 37.2 Å². The van der Waals surface area contributed by atoms with Crippen molar-refractivity contribution < 1.29 is 14.7 Å². The molecule has 1 saturated heterocycles. The number of nitrogens with one attached hydrogen (secondary N) is 1. The molecular weight excluding hydrogens is 446 g/mol. The average molecular weight is 482 g/mol. The van der Waals surface area contributed by atoms with E-state index < -0.39 is 12.0 Å². The summed E-state index contributed by atoms with van der Waals surface area (Å²) in [5.41, 5.74) is 9.35. The predicted octanol–water partition coefficient (Wildman–Crippen LogP) is 2.69. The third-order valence-corrected chi connectivity index (χ3v) is 6.94. The van der Waals surface area contributed by atoms with Gasteiger partial charge in [-0.3, -0.25) is 14.3 Å². The number of hydrogen-bond acceptors (Lipinski definition) is 6. The number of carbonyl (C=O) groups excluding carboxylic acids is 2. The van der Waals surface area contributed by atoms with E-state index in [9.17, 15) is 14.7 Å². The normalized spacial score (nSPS) is 19.3. The van der Waals surface area contributed by atoms with Crippen LogP contribution in [0, 0.1) is 5.92 Å². The van der Waals surface area contributed by atoms with Crippen molar-refractivity contribution >= 4 is 23.0 Å². The van der Waals surface area contributed by atoms with Gasteiger partial charge in [0.2, 0.25) is 0 Å². The minimum Gasteiger partial charge on any atom is -0.383 e. The number of carbonyl (C=O) groups is 2. The van der Waals surface area contributed by atoms with E-state index in [1.807, 2.05) is 29.3 Å². The number of primary amides is 1. The van der Waals surface area contributed by atoms with Crippen molar-refractivity contribution in [3.05, 3.63) is 36.4 Å². The minimum atomic E-state index is -0.961. The molecule has 10 heteroatoms. The van der Waals surface area contributed by atoms with Crippen LogP contribution in [0.2, 0.25) is 0 Å². The predicted molar refractivity (Wildman–Crippen MR) is 134 cm³/mol. The number of aliphatic hydroxyl groups is 1. The summed E-state index contributed by atoms with van der Waals surface area (Å²) in [6, 6.07) is 2.27. The smallest absolute Gasteiger partial charge is 0.252 e. The number of piperidine rings is 1. The second-order valence-electron chi connectivity index (χ2n) is 9.57. The SMILES string of the molecule is CC[C@@H]1CN(C(=O)[C@@H](O)CC)CC[C@H]1Nc1c(C(N)=O)cnn2cc(-c3cnn(C(C)C)c3)cc12. The van der Waals surface area contributed by atoms with Gasteiger partial charge in [-0.25, -0.2) is 4.52 Å². The molecular formula is C25H35N7O3. The molecule has 0 spiro atoms. The Morgan fingerprint density at radius 2 is 1.97 bits per heavy atom. The van der Waals surface area contributed by atoms with E-state index in [1.54, 1.807) is 16.3 Å². The Kier molecular flexibility index (Phi) is 7.11. The number of nitrogens with zero attached hydrogens (tertiary/aromatic N) is 5. The van der Waals surface area contributed by atoms with Crippen LogP contribution in [0.25, 0.3) is 16.6 Å². The molecule has 0 radical (unpaired) electrons. The fourth-order valence-electron chi connectivity index (χ4n) is 4.73. The topological polar surface area (TPSA) is 131 Å². The summed E-state index contributed by atoms with van der Waals surface area (Å²) in [4.78, 5) is 26.6. The molecule has 1 aliphatic heterocycles. The number of aromatic nitrogens is 4. The van der Waals surface area contributed by atoms with E-state index in [1.165, 1.54) is 6.20 Å². The van der Waals surface area contributed by atoms with E-state index in [-0.39, 0.29) is 23.9 Å². The fourth-order valence-corrected chi connectivity index (χ4v) is 4.73. The average Bonchev–Trinajstić information content (AvgIpc) is 3.51. The first-order valence-electron chi connectivity index (χ1n) is 12.3. The fraction of sp³-hybridized carbons (Fsp3) is 0.520. The number of amides is 2. The first-order valence-corrected chi connectivity index (χ1v) is 12.3. The summed E-state index contributed by atoms with van der Waals surface area (Å²) >= 11 is 0. The van der Waals surface area contributed by atoms with Gasteiger partial charge in [0.05, 0.1) is 29.2 Å². The van der Waals surface area contributed by atoms with Crippen LogP contribution in [-0.4, -0.2) is 66.5 Å². The van der Waals surface area contributed by atoms with Gasteiger partial charge in [-0.1, -0.05) is 13.8 Å². The molecule has 4 heterocycles. The molecule has 0 unspecified atom stereocenters. The van der Waals surface area contributed by atoms with Gasteiger partial charge in [0, 0.05) is 48.7 Å². The van der Waals surface area contributed by atoms with Gasteiger partial charge in [0.15, 0.2) is 0 Å². The van der Waals surface area contributed by atoms with Gasteiger partial charge < -0.3 is 21.1 Å². The van der Waals surface area contributed by atoms with Crippen LogP contribution >= 0.6 is 0 Å². The molecule has 1 fully saturated rings. The number of rotatable bonds is 8. The Morgan fingerprint density at radius 3 is 2.60 bits per heavy atom. The van der Waals surface area contributed by atoms with Crippen LogP contribution in [0.15, 0.2) is 30.9 Å². The van der Waals surface area contributed by atoms with E-state index in [0.717, 1.165) is 23.1 Å². The zero-order chi connectivity index (χ0) is 25.3. The number of fused-ring (bicyclic) bond motifs is 1. The summed E-state index contributed by atoms with van der Waals surface area (Å²) in [5, 5.41) is 22.4. The van der Waals surface area contributed by atoms with E-state index in [2.05, 4.69) is 36.3 Å². The lowest BCUT2D eigenvalue weighted by Crippen LogP contribution is -2.51. The zero-order valence-electron chi connectivity index (χ0n) is 20.8. The third-order valence-electron chi connectivity index (χ3n) is 6.94. The lowest BCUT2D eigenvalue weighted by molar-refractivity contribution is -0.142. The summed E-state index contributed by atoms with van der Waals surface area (Å²) < 4.78 is 3.64. The highest BCUT2D eigenvalue weighted by atomic mass is 16.3. The molecule has 3 aromatic heterocycles. The van der Waals surface area contributed by atoms with Crippen LogP contribution in [0.1, 0.15) is 63.4 Å². The number of likely N-dealkylation sites (tertiary alicyclic amines) is 1. The lowest BCUT2D eigenvalue weighted by Gasteiger charge is -2.40. The number of hydrogen-bond donors (Lipinski definition) is 3. The Hall–Kier alpha value is -3.40. The molecule has 0 saturated carbocycles. The second-order valence-corrected chi connectivity index (χ2v) is 9.57.